The number of hydrogen-bond acceptors (Lipinski definition) is 2. The monoisotopic (exact) mass is 305 g/mol. The maximum absolute atomic E-state index is 6.32. The van der Waals surface area contributed by atoms with Crippen LogP contribution in [0.1, 0.15) is 52.9 Å². The molecule has 0 saturated heterocycles. The zero-order chi connectivity index (χ0) is 15.5. The smallest absolute Gasteiger partial charge is 0.250 e. The van der Waals surface area contributed by atoms with Crippen molar-refractivity contribution in [3.63, 3.8) is 0 Å². The Bertz CT molecular complexity index is 441. The first-order valence-electron chi connectivity index (χ1n) is 8.33. The highest BCUT2D eigenvalue weighted by Gasteiger charge is 2.38. The third-order valence-electron chi connectivity index (χ3n) is 5.01. The van der Waals surface area contributed by atoms with E-state index in [2.05, 4.69) is 63.4 Å². The minimum atomic E-state index is -1.73. The lowest BCUT2D eigenvalue weighted by Gasteiger charge is -2.36. The molecule has 0 bridgehead atoms. The van der Waals surface area contributed by atoms with Gasteiger partial charge in [0.15, 0.2) is 0 Å². The fraction of sp³-hybridized carbons (Fsp3) is 0.667. The van der Waals surface area contributed by atoms with Crippen LogP contribution >= 0.6 is 0 Å². The van der Waals surface area contributed by atoms with Crippen molar-refractivity contribution in [2.45, 2.75) is 77.0 Å². The molecule has 1 aromatic carbocycles. The van der Waals surface area contributed by atoms with E-state index < -0.39 is 8.32 Å². The topological polar surface area (TPSA) is 21.3 Å². The molecule has 0 heterocycles. The van der Waals surface area contributed by atoms with Gasteiger partial charge in [0.2, 0.25) is 8.32 Å². The Kier molecular flexibility index (Phi) is 5.02. The summed E-state index contributed by atoms with van der Waals surface area (Å²) in [5.74, 6) is 1.01. The lowest BCUT2D eigenvalue weighted by atomic mass is 9.95. The lowest BCUT2D eigenvalue weighted by molar-refractivity contribution is 0.462. The summed E-state index contributed by atoms with van der Waals surface area (Å²) in [7, 11) is -1.73. The van der Waals surface area contributed by atoms with Crippen LogP contribution < -0.4 is 9.74 Å². The van der Waals surface area contributed by atoms with Crippen molar-refractivity contribution in [3.05, 3.63) is 24.3 Å². The summed E-state index contributed by atoms with van der Waals surface area (Å²) in [6.07, 6.45) is 6.75. The van der Waals surface area contributed by atoms with E-state index >= 15 is 0 Å². The zero-order valence-corrected chi connectivity index (χ0v) is 15.3. The fourth-order valence-electron chi connectivity index (χ4n) is 2.55. The highest BCUT2D eigenvalue weighted by molar-refractivity contribution is 6.74. The van der Waals surface area contributed by atoms with E-state index in [4.69, 9.17) is 4.43 Å². The molecule has 0 aliphatic heterocycles. The molecule has 3 heteroatoms. The molecule has 1 aliphatic rings. The van der Waals surface area contributed by atoms with Crippen LogP contribution in [-0.4, -0.2) is 14.4 Å². The lowest BCUT2D eigenvalue weighted by Crippen LogP contribution is -2.43. The molecule has 2 nitrogen and oxygen atoms in total. The van der Waals surface area contributed by atoms with Crippen LogP contribution in [0.4, 0.5) is 5.69 Å². The average Bonchev–Trinajstić information content (AvgIpc) is 2.41. The van der Waals surface area contributed by atoms with Gasteiger partial charge in [-0.15, -0.1) is 0 Å². The van der Waals surface area contributed by atoms with Gasteiger partial charge >= 0.3 is 0 Å². The van der Waals surface area contributed by atoms with Crippen LogP contribution in [0, 0.1) is 0 Å². The SMILES string of the molecule is CC(C)(C)[Si](C)(C)Oc1ccc(NC2CCCCC2)cc1. The Morgan fingerprint density at radius 2 is 1.57 bits per heavy atom. The largest absolute Gasteiger partial charge is 0.544 e. The van der Waals surface area contributed by atoms with E-state index in [1.165, 1.54) is 37.8 Å². The molecule has 0 spiro atoms. The second kappa shape index (κ2) is 6.43. The molecule has 118 valence electrons. The molecule has 21 heavy (non-hydrogen) atoms. The number of rotatable bonds is 4. The van der Waals surface area contributed by atoms with E-state index in [0.29, 0.717) is 6.04 Å². The molecular formula is C18H31NOSi. The zero-order valence-electron chi connectivity index (χ0n) is 14.3. The normalized spacial score (nSPS) is 17.6. The molecule has 1 saturated carbocycles. The molecule has 0 amide bonds. The van der Waals surface area contributed by atoms with Crippen molar-refractivity contribution in [1.29, 1.82) is 0 Å². The Hall–Kier alpha value is -0.963. The van der Waals surface area contributed by atoms with E-state index in [9.17, 15) is 0 Å². The molecular weight excluding hydrogens is 274 g/mol. The van der Waals surface area contributed by atoms with Gasteiger partial charge < -0.3 is 9.74 Å². The highest BCUT2D eigenvalue weighted by atomic mass is 28.4. The Morgan fingerprint density at radius 1 is 1.00 bits per heavy atom. The summed E-state index contributed by atoms with van der Waals surface area (Å²) in [5, 5.41) is 3.90. The Balaban J connectivity index is 1.95. The summed E-state index contributed by atoms with van der Waals surface area (Å²) in [4.78, 5) is 0. The number of benzene rings is 1. The summed E-state index contributed by atoms with van der Waals surface area (Å²) < 4.78 is 6.32. The molecule has 1 aliphatic carbocycles. The minimum absolute atomic E-state index is 0.242. The van der Waals surface area contributed by atoms with Crippen LogP contribution in [0.15, 0.2) is 24.3 Å². The quantitative estimate of drug-likeness (QED) is 0.708. The maximum atomic E-state index is 6.32. The van der Waals surface area contributed by atoms with Gasteiger partial charge in [0, 0.05) is 11.7 Å². The van der Waals surface area contributed by atoms with Crippen molar-refractivity contribution in [3.8, 4) is 5.75 Å². The molecule has 0 atom stereocenters. The molecule has 1 fully saturated rings. The number of anilines is 1. The first-order valence-corrected chi connectivity index (χ1v) is 11.2. The predicted molar refractivity (Wildman–Crippen MR) is 94.8 cm³/mol. The summed E-state index contributed by atoms with van der Waals surface area (Å²) >= 11 is 0. The van der Waals surface area contributed by atoms with E-state index in [-0.39, 0.29) is 5.04 Å². The summed E-state index contributed by atoms with van der Waals surface area (Å²) in [6, 6.07) is 9.22. The number of nitrogens with one attached hydrogen (secondary N) is 1. The predicted octanol–water partition coefficient (Wildman–Crippen LogP) is 5.82. The highest BCUT2D eigenvalue weighted by Crippen LogP contribution is 2.37. The van der Waals surface area contributed by atoms with Gasteiger partial charge in [-0.05, 0) is 55.2 Å². The van der Waals surface area contributed by atoms with Crippen molar-refractivity contribution >= 4 is 14.0 Å². The molecule has 1 N–H and O–H groups in total. The molecule has 0 aromatic heterocycles. The van der Waals surface area contributed by atoms with Gasteiger partial charge in [-0.2, -0.15) is 0 Å². The van der Waals surface area contributed by atoms with Gasteiger partial charge in [-0.1, -0.05) is 40.0 Å². The third kappa shape index (κ3) is 4.50. The van der Waals surface area contributed by atoms with Gasteiger partial charge in [-0.25, -0.2) is 0 Å². The first kappa shape index (κ1) is 16.4. The van der Waals surface area contributed by atoms with E-state index in [0.717, 1.165) is 5.75 Å². The van der Waals surface area contributed by atoms with Crippen molar-refractivity contribution in [2.75, 3.05) is 5.32 Å². The third-order valence-corrected chi connectivity index (χ3v) is 9.37. The standard InChI is InChI=1S/C18H31NOSi/c1-18(2,3)21(4,5)20-17-13-11-16(12-14-17)19-15-9-7-6-8-10-15/h11-15,19H,6-10H2,1-5H3. The summed E-state index contributed by atoms with van der Waals surface area (Å²) in [6.45, 7) is 11.4. The molecule has 0 radical (unpaired) electrons. The van der Waals surface area contributed by atoms with Gasteiger partial charge in [0.05, 0.1) is 0 Å². The maximum Gasteiger partial charge on any atom is 0.250 e. The Morgan fingerprint density at radius 3 is 2.10 bits per heavy atom. The van der Waals surface area contributed by atoms with Gasteiger partial charge in [0.25, 0.3) is 0 Å². The van der Waals surface area contributed by atoms with Gasteiger partial charge in [0.1, 0.15) is 5.75 Å². The fourth-order valence-corrected chi connectivity index (χ4v) is 3.58. The number of hydrogen-bond donors (Lipinski definition) is 1. The molecule has 0 unspecified atom stereocenters. The van der Waals surface area contributed by atoms with Crippen LogP contribution in [0.2, 0.25) is 18.1 Å². The van der Waals surface area contributed by atoms with Crippen LogP contribution in [0.5, 0.6) is 5.75 Å². The average molecular weight is 306 g/mol. The Labute approximate surface area is 131 Å². The van der Waals surface area contributed by atoms with Crippen LogP contribution in [-0.2, 0) is 0 Å². The first-order chi connectivity index (χ1) is 9.78. The summed E-state index contributed by atoms with van der Waals surface area (Å²) in [5.41, 5.74) is 1.23. The molecule has 1 aromatic rings. The van der Waals surface area contributed by atoms with Crippen molar-refractivity contribution in [2.24, 2.45) is 0 Å². The van der Waals surface area contributed by atoms with Crippen LogP contribution in [0.3, 0.4) is 0 Å². The minimum Gasteiger partial charge on any atom is -0.544 e. The molecule has 2 rings (SSSR count). The van der Waals surface area contributed by atoms with Crippen molar-refractivity contribution < 1.29 is 4.43 Å². The van der Waals surface area contributed by atoms with Crippen molar-refractivity contribution in [1.82, 2.24) is 0 Å². The van der Waals surface area contributed by atoms with E-state index in [1.807, 2.05) is 0 Å². The van der Waals surface area contributed by atoms with Gasteiger partial charge in [-0.3, -0.25) is 0 Å². The second-order valence-corrected chi connectivity index (χ2v) is 12.6. The second-order valence-electron chi connectivity index (χ2n) is 7.87. The van der Waals surface area contributed by atoms with E-state index in [1.54, 1.807) is 0 Å². The van der Waals surface area contributed by atoms with Crippen LogP contribution in [0.25, 0.3) is 0 Å².